The molecule has 190 valence electrons. The van der Waals surface area contributed by atoms with Gasteiger partial charge in [-0.1, -0.05) is 36.8 Å². The number of nitrogens with zero attached hydrogens (tertiary/aromatic N) is 1. The van der Waals surface area contributed by atoms with Gasteiger partial charge in [0.1, 0.15) is 10.0 Å². The molecule has 0 fully saturated rings. The highest BCUT2D eigenvalue weighted by atomic mass is 32.1. The van der Waals surface area contributed by atoms with Gasteiger partial charge in [-0.25, -0.2) is 14.6 Å². The fourth-order valence-corrected chi connectivity index (χ4v) is 6.76. The Morgan fingerprint density at radius 1 is 0.946 bits per heavy atom. The zero-order valence-corrected chi connectivity index (χ0v) is 22.2. The molecule has 5 rings (SSSR count). The SMILES string of the molecule is COC(=O)c1c(NC(=O)C(C)OC(=O)c2ccccc2-c2nc3ccccc3s2)sc2c1CCCCC2. The number of aryl methyl sites for hydroxylation is 1. The highest BCUT2D eigenvalue weighted by molar-refractivity contribution is 7.21. The summed E-state index contributed by atoms with van der Waals surface area (Å²) in [6, 6.07) is 14.8. The van der Waals surface area contributed by atoms with Crippen LogP contribution in [0.1, 0.15) is 57.3 Å². The van der Waals surface area contributed by atoms with Gasteiger partial charge in [-0.3, -0.25) is 4.79 Å². The fraction of sp³-hybridized carbons (Fsp3) is 0.286. The molecule has 37 heavy (non-hydrogen) atoms. The van der Waals surface area contributed by atoms with Crippen molar-refractivity contribution < 1.29 is 23.9 Å². The summed E-state index contributed by atoms with van der Waals surface area (Å²) < 4.78 is 11.6. The van der Waals surface area contributed by atoms with Crippen molar-refractivity contribution in [2.75, 3.05) is 12.4 Å². The zero-order valence-electron chi connectivity index (χ0n) is 20.5. The number of amides is 1. The third-order valence-corrected chi connectivity index (χ3v) is 8.65. The Morgan fingerprint density at radius 2 is 1.70 bits per heavy atom. The van der Waals surface area contributed by atoms with Crippen LogP contribution in [0, 0.1) is 0 Å². The van der Waals surface area contributed by atoms with Gasteiger partial charge in [0.2, 0.25) is 0 Å². The predicted octanol–water partition coefficient (Wildman–Crippen LogP) is 6.26. The molecule has 0 bridgehead atoms. The van der Waals surface area contributed by atoms with E-state index >= 15 is 0 Å². The fourth-order valence-electron chi connectivity index (χ4n) is 4.47. The highest BCUT2D eigenvalue weighted by Crippen LogP contribution is 2.38. The molecule has 0 saturated carbocycles. The number of anilines is 1. The lowest BCUT2D eigenvalue weighted by Crippen LogP contribution is -2.30. The van der Waals surface area contributed by atoms with Gasteiger partial charge in [0.15, 0.2) is 6.10 Å². The first-order valence-electron chi connectivity index (χ1n) is 12.2. The van der Waals surface area contributed by atoms with Crippen molar-refractivity contribution in [1.82, 2.24) is 4.98 Å². The van der Waals surface area contributed by atoms with E-state index in [0.29, 0.717) is 26.7 Å². The summed E-state index contributed by atoms with van der Waals surface area (Å²) in [6.45, 7) is 1.52. The number of aromatic nitrogens is 1. The summed E-state index contributed by atoms with van der Waals surface area (Å²) in [4.78, 5) is 44.5. The molecule has 2 aromatic carbocycles. The Balaban J connectivity index is 1.35. The maximum Gasteiger partial charge on any atom is 0.341 e. The van der Waals surface area contributed by atoms with E-state index in [1.54, 1.807) is 12.1 Å². The van der Waals surface area contributed by atoms with Gasteiger partial charge < -0.3 is 14.8 Å². The van der Waals surface area contributed by atoms with Crippen LogP contribution in [0.3, 0.4) is 0 Å². The molecule has 7 nitrogen and oxygen atoms in total. The Bertz CT molecular complexity index is 1460. The van der Waals surface area contributed by atoms with Gasteiger partial charge in [-0.05, 0) is 56.4 Å². The van der Waals surface area contributed by atoms with E-state index in [9.17, 15) is 14.4 Å². The highest BCUT2D eigenvalue weighted by Gasteiger charge is 2.28. The average molecular weight is 535 g/mol. The minimum Gasteiger partial charge on any atom is -0.465 e. The molecule has 0 saturated heterocycles. The second-order valence-electron chi connectivity index (χ2n) is 8.83. The molecular weight excluding hydrogens is 508 g/mol. The molecule has 1 aliphatic carbocycles. The number of hydrogen-bond donors (Lipinski definition) is 1. The summed E-state index contributed by atoms with van der Waals surface area (Å²) >= 11 is 2.89. The van der Waals surface area contributed by atoms with Crippen molar-refractivity contribution in [3.63, 3.8) is 0 Å². The molecule has 1 aliphatic rings. The molecular formula is C28H26N2O5S2. The number of carbonyl (C=O) groups is 3. The minimum absolute atomic E-state index is 0.333. The Labute approximate surface area is 222 Å². The Hall–Kier alpha value is -3.56. The molecule has 1 atom stereocenters. The monoisotopic (exact) mass is 534 g/mol. The number of esters is 2. The van der Waals surface area contributed by atoms with Crippen LogP contribution in [0.5, 0.6) is 0 Å². The number of ether oxygens (including phenoxy) is 2. The Kier molecular flexibility index (Phi) is 7.34. The number of rotatable bonds is 6. The molecule has 0 spiro atoms. The van der Waals surface area contributed by atoms with Crippen LogP contribution < -0.4 is 5.32 Å². The summed E-state index contributed by atoms with van der Waals surface area (Å²) in [5, 5.41) is 3.96. The van der Waals surface area contributed by atoms with Crippen molar-refractivity contribution in [3.05, 3.63) is 70.1 Å². The number of hydrogen-bond acceptors (Lipinski definition) is 8. The number of methoxy groups -OCH3 is 1. The topological polar surface area (TPSA) is 94.6 Å². The van der Waals surface area contributed by atoms with E-state index < -0.39 is 23.9 Å². The molecule has 1 N–H and O–H groups in total. The van der Waals surface area contributed by atoms with Crippen molar-refractivity contribution in [1.29, 1.82) is 0 Å². The van der Waals surface area contributed by atoms with Crippen LogP contribution in [-0.4, -0.2) is 36.0 Å². The number of thiazole rings is 1. The van der Waals surface area contributed by atoms with Gasteiger partial charge in [0.25, 0.3) is 5.91 Å². The third kappa shape index (κ3) is 5.14. The van der Waals surface area contributed by atoms with Crippen molar-refractivity contribution in [2.24, 2.45) is 0 Å². The minimum atomic E-state index is -1.08. The second kappa shape index (κ2) is 10.8. The van der Waals surface area contributed by atoms with E-state index in [2.05, 4.69) is 10.3 Å². The van der Waals surface area contributed by atoms with Gasteiger partial charge in [-0.15, -0.1) is 22.7 Å². The number of nitrogens with one attached hydrogen (secondary N) is 1. The number of fused-ring (bicyclic) bond motifs is 2. The first kappa shape index (κ1) is 25.1. The molecule has 4 aromatic rings. The molecule has 9 heteroatoms. The maximum absolute atomic E-state index is 13.1. The third-order valence-electron chi connectivity index (χ3n) is 6.37. The summed E-state index contributed by atoms with van der Waals surface area (Å²) in [7, 11) is 1.34. The molecule has 2 heterocycles. The largest absolute Gasteiger partial charge is 0.465 e. The summed E-state index contributed by atoms with van der Waals surface area (Å²) in [5.41, 5.74) is 3.21. The smallest absolute Gasteiger partial charge is 0.341 e. The molecule has 1 amide bonds. The van der Waals surface area contributed by atoms with Crippen LogP contribution in [0.4, 0.5) is 5.00 Å². The number of para-hydroxylation sites is 1. The lowest BCUT2D eigenvalue weighted by molar-refractivity contribution is -0.123. The lowest BCUT2D eigenvalue weighted by Gasteiger charge is -2.15. The van der Waals surface area contributed by atoms with E-state index in [1.807, 2.05) is 36.4 Å². The number of thiophene rings is 1. The second-order valence-corrected chi connectivity index (χ2v) is 11.0. The molecule has 2 aromatic heterocycles. The van der Waals surface area contributed by atoms with Crippen molar-refractivity contribution in [2.45, 2.75) is 45.1 Å². The number of carbonyl (C=O) groups excluding carboxylic acids is 3. The van der Waals surface area contributed by atoms with Gasteiger partial charge in [-0.2, -0.15) is 0 Å². The maximum atomic E-state index is 13.1. The van der Waals surface area contributed by atoms with Gasteiger partial charge in [0.05, 0.1) is 28.5 Å². The van der Waals surface area contributed by atoms with E-state index in [0.717, 1.165) is 52.8 Å². The predicted molar refractivity (Wildman–Crippen MR) is 145 cm³/mol. The van der Waals surface area contributed by atoms with E-state index in [1.165, 1.54) is 36.7 Å². The molecule has 0 radical (unpaired) electrons. The first-order chi connectivity index (χ1) is 18.0. The van der Waals surface area contributed by atoms with Crippen molar-refractivity contribution in [3.8, 4) is 10.6 Å². The molecule has 0 aliphatic heterocycles. The quantitative estimate of drug-likeness (QED) is 0.232. The average Bonchev–Trinajstić information content (AvgIpc) is 3.41. The standard InChI is InChI=1S/C28H26N2O5S2/c1-16(24(31)30-26-23(28(33)34-2)19-12-4-3-5-14-21(19)36-26)35-27(32)18-11-7-6-10-17(18)25-29-20-13-8-9-15-22(20)37-25/h6-11,13,15-16H,3-5,12,14H2,1-2H3,(H,30,31). The van der Waals surface area contributed by atoms with Crippen LogP contribution in [-0.2, 0) is 27.1 Å². The van der Waals surface area contributed by atoms with Crippen LogP contribution in [0.2, 0.25) is 0 Å². The van der Waals surface area contributed by atoms with Crippen LogP contribution in [0.15, 0.2) is 48.5 Å². The summed E-state index contributed by atoms with van der Waals surface area (Å²) in [6.07, 6.45) is 3.71. The normalized spacial score (nSPS) is 13.9. The Morgan fingerprint density at radius 3 is 2.51 bits per heavy atom. The van der Waals surface area contributed by atoms with Gasteiger partial charge in [0, 0.05) is 10.4 Å². The van der Waals surface area contributed by atoms with Crippen LogP contribution >= 0.6 is 22.7 Å². The summed E-state index contributed by atoms with van der Waals surface area (Å²) in [5.74, 6) is -1.59. The first-order valence-corrected chi connectivity index (χ1v) is 13.8. The van der Waals surface area contributed by atoms with Gasteiger partial charge >= 0.3 is 11.9 Å². The van der Waals surface area contributed by atoms with E-state index in [4.69, 9.17) is 9.47 Å². The van der Waals surface area contributed by atoms with E-state index in [-0.39, 0.29) is 0 Å². The number of benzene rings is 2. The molecule has 1 unspecified atom stereocenters. The van der Waals surface area contributed by atoms with Crippen LogP contribution in [0.25, 0.3) is 20.8 Å². The van der Waals surface area contributed by atoms with Crippen molar-refractivity contribution >= 4 is 55.7 Å². The lowest BCUT2D eigenvalue weighted by atomic mass is 10.1. The zero-order chi connectivity index (χ0) is 25.9.